The number of aromatic nitrogens is 3. The summed E-state index contributed by atoms with van der Waals surface area (Å²) in [6, 6.07) is 20.0. The van der Waals surface area contributed by atoms with Crippen molar-refractivity contribution in [2.75, 3.05) is 0 Å². The van der Waals surface area contributed by atoms with Gasteiger partial charge in [-0.2, -0.15) is 0 Å². The molecule has 0 saturated carbocycles. The molecule has 1 unspecified atom stereocenters. The van der Waals surface area contributed by atoms with Crippen LogP contribution in [0.15, 0.2) is 73.1 Å². The quantitative estimate of drug-likeness (QED) is 0.538. The molecule has 4 rings (SSSR count). The van der Waals surface area contributed by atoms with E-state index in [9.17, 15) is 0 Å². The third-order valence-corrected chi connectivity index (χ3v) is 4.16. The Labute approximate surface area is 152 Å². The van der Waals surface area contributed by atoms with Crippen molar-refractivity contribution in [3.05, 3.63) is 90.0 Å². The Morgan fingerprint density at radius 2 is 1.58 bits per heavy atom. The SMILES string of the molecule is CC(Oc1ccc(/C=C/c2ccncc2)cc1)c1nc2ccccc2[nH]1. The predicted octanol–water partition coefficient (Wildman–Crippen LogP) is 5.27. The van der Waals surface area contributed by atoms with Crippen LogP contribution >= 0.6 is 0 Å². The zero-order chi connectivity index (χ0) is 17.8. The van der Waals surface area contributed by atoms with E-state index in [2.05, 4.69) is 27.1 Å². The largest absolute Gasteiger partial charge is 0.483 e. The van der Waals surface area contributed by atoms with Crippen LogP contribution in [-0.2, 0) is 0 Å². The van der Waals surface area contributed by atoms with Crippen molar-refractivity contribution in [2.24, 2.45) is 0 Å². The maximum Gasteiger partial charge on any atom is 0.153 e. The monoisotopic (exact) mass is 341 g/mol. The summed E-state index contributed by atoms with van der Waals surface area (Å²) in [5, 5.41) is 0. The predicted molar refractivity (Wildman–Crippen MR) is 105 cm³/mol. The molecule has 0 aliphatic rings. The van der Waals surface area contributed by atoms with Crippen molar-refractivity contribution in [2.45, 2.75) is 13.0 Å². The van der Waals surface area contributed by atoms with E-state index in [1.807, 2.05) is 67.6 Å². The fraction of sp³-hybridized carbons (Fsp3) is 0.0909. The molecule has 0 bridgehead atoms. The highest BCUT2D eigenvalue weighted by atomic mass is 16.5. The van der Waals surface area contributed by atoms with E-state index >= 15 is 0 Å². The molecule has 2 heterocycles. The number of para-hydroxylation sites is 2. The summed E-state index contributed by atoms with van der Waals surface area (Å²) >= 11 is 0. The molecule has 1 N–H and O–H groups in total. The van der Waals surface area contributed by atoms with Gasteiger partial charge in [0.1, 0.15) is 11.6 Å². The van der Waals surface area contributed by atoms with E-state index in [1.54, 1.807) is 12.4 Å². The van der Waals surface area contributed by atoms with Gasteiger partial charge < -0.3 is 9.72 Å². The maximum absolute atomic E-state index is 6.02. The minimum atomic E-state index is -0.152. The van der Waals surface area contributed by atoms with Gasteiger partial charge in [-0.3, -0.25) is 4.98 Å². The number of imidazole rings is 1. The van der Waals surface area contributed by atoms with Gasteiger partial charge in [-0.15, -0.1) is 0 Å². The van der Waals surface area contributed by atoms with Crippen LogP contribution in [0.5, 0.6) is 5.75 Å². The lowest BCUT2D eigenvalue weighted by Crippen LogP contribution is -2.04. The Morgan fingerprint density at radius 1 is 0.885 bits per heavy atom. The summed E-state index contributed by atoms with van der Waals surface area (Å²) in [5.74, 6) is 1.65. The van der Waals surface area contributed by atoms with E-state index in [1.165, 1.54) is 0 Å². The molecular formula is C22H19N3O. The molecule has 2 aromatic heterocycles. The van der Waals surface area contributed by atoms with Crippen LogP contribution in [0.3, 0.4) is 0 Å². The topological polar surface area (TPSA) is 50.8 Å². The fourth-order valence-corrected chi connectivity index (χ4v) is 2.75. The molecule has 0 amide bonds. The lowest BCUT2D eigenvalue weighted by Gasteiger charge is -2.12. The molecule has 0 aliphatic heterocycles. The van der Waals surface area contributed by atoms with Crippen molar-refractivity contribution in [3.8, 4) is 5.75 Å². The minimum Gasteiger partial charge on any atom is -0.483 e. The summed E-state index contributed by atoms with van der Waals surface area (Å²) in [4.78, 5) is 11.9. The van der Waals surface area contributed by atoms with E-state index in [4.69, 9.17) is 4.74 Å². The van der Waals surface area contributed by atoms with Crippen LogP contribution < -0.4 is 4.74 Å². The zero-order valence-electron chi connectivity index (χ0n) is 14.5. The Kier molecular flexibility index (Phi) is 4.48. The molecule has 4 heteroatoms. The molecule has 1 atom stereocenters. The number of rotatable bonds is 5. The summed E-state index contributed by atoms with van der Waals surface area (Å²) in [5.41, 5.74) is 4.22. The second-order valence-corrected chi connectivity index (χ2v) is 6.08. The summed E-state index contributed by atoms with van der Waals surface area (Å²) < 4.78 is 6.02. The number of fused-ring (bicyclic) bond motifs is 1. The summed E-state index contributed by atoms with van der Waals surface area (Å²) in [7, 11) is 0. The minimum absolute atomic E-state index is 0.152. The molecule has 4 nitrogen and oxygen atoms in total. The first-order chi connectivity index (χ1) is 12.8. The highest BCUT2D eigenvalue weighted by molar-refractivity contribution is 5.74. The molecule has 0 fully saturated rings. The molecule has 0 saturated heterocycles. The fourth-order valence-electron chi connectivity index (χ4n) is 2.75. The first-order valence-corrected chi connectivity index (χ1v) is 8.57. The van der Waals surface area contributed by atoms with Gasteiger partial charge >= 0.3 is 0 Å². The average molecular weight is 341 g/mol. The Balaban J connectivity index is 1.44. The van der Waals surface area contributed by atoms with Crippen molar-refractivity contribution in [1.29, 1.82) is 0 Å². The first-order valence-electron chi connectivity index (χ1n) is 8.57. The standard InChI is InChI=1S/C22H19N3O/c1-16(22-24-20-4-2-3-5-21(20)25-22)26-19-10-8-17(9-11-19)6-7-18-12-14-23-15-13-18/h2-16H,1H3,(H,24,25)/b7-6+. The normalized spacial score (nSPS) is 12.5. The molecule has 4 aromatic rings. The second-order valence-electron chi connectivity index (χ2n) is 6.08. The number of nitrogens with one attached hydrogen (secondary N) is 1. The van der Waals surface area contributed by atoms with E-state index in [0.717, 1.165) is 33.7 Å². The number of benzene rings is 2. The summed E-state index contributed by atoms with van der Waals surface area (Å²) in [6.07, 6.45) is 7.56. The third-order valence-electron chi connectivity index (χ3n) is 4.16. The lowest BCUT2D eigenvalue weighted by atomic mass is 10.1. The second kappa shape index (κ2) is 7.23. The van der Waals surface area contributed by atoms with Gasteiger partial charge in [-0.1, -0.05) is 36.4 Å². The Hall–Kier alpha value is -3.40. The van der Waals surface area contributed by atoms with Crippen LogP contribution in [0.25, 0.3) is 23.2 Å². The van der Waals surface area contributed by atoms with Gasteiger partial charge in [0.05, 0.1) is 11.0 Å². The number of nitrogens with zero attached hydrogens (tertiary/aromatic N) is 2. The van der Waals surface area contributed by atoms with Crippen molar-refractivity contribution in [3.63, 3.8) is 0 Å². The Morgan fingerprint density at radius 3 is 2.31 bits per heavy atom. The number of aromatic amines is 1. The van der Waals surface area contributed by atoms with Gasteiger partial charge in [-0.25, -0.2) is 4.98 Å². The molecule has 128 valence electrons. The number of hydrogen-bond acceptors (Lipinski definition) is 3. The van der Waals surface area contributed by atoms with E-state index in [-0.39, 0.29) is 6.10 Å². The summed E-state index contributed by atoms with van der Waals surface area (Å²) in [6.45, 7) is 2.00. The number of pyridine rings is 1. The van der Waals surface area contributed by atoms with Gasteiger partial charge in [0.15, 0.2) is 6.10 Å². The smallest absolute Gasteiger partial charge is 0.153 e. The van der Waals surface area contributed by atoms with E-state index in [0.29, 0.717) is 0 Å². The van der Waals surface area contributed by atoms with Crippen LogP contribution in [0, 0.1) is 0 Å². The zero-order valence-corrected chi connectivity index (χ0v) is 14.5. The molecule has 26 heavy (non-hydrogen) atoms. The molecular weight excluding hydrogens is 322 g/mol. The highest BCUT2D eigenvalue weighted by Gasteiger charge is 2.12. The maximum atomic E-state index is 6.02. The van der Waals surface area contributed by atoms with Crippen molar-refractivity contribution >= 4 is 23.2 Å². The van der Waals surface area contributed by atoms with Gasteiger partial charge in [0.25, 0.3) is 0 Å². The van der Waals surface area contributed by atoms with E-state index < -0.39 is 0 Å². The van der Waals surface area contributed by atoms with Gasteiger partial charge in [0, 0.05) is 12.4 Å². The van der Waals surface area contributed by atoms with Gasteiger partial charge in [-0.05, 0) is 54.4 Å². The first kappa shape index (κ1) is 16.1. The van der Waals surface area contributed by atoms with Crippen LogP contribution in [0.1, 0.15) is 30.0 Å². The average Bonchev–Trinajstić information content (AvgIpc) is 3.13. The molecule has 2 aromatic carbocycles. The van der Waals surface area contributed by atoms with Crippen LogP contribution in [0.4, 0.5) is 0 Å². The van der Waals surface area contributed by atoms with Crippen molar-refractivity contribution in [1.82, 2.24) is 15.0 Å². The van der Waals surface area contributed by atoms with Crippen molar-refractivity contribution < 1.29 is 4.74 Å². The lowest BCUT2D eigenvalue weighted by molar-refractivity contribution is 0.218. The Bertz CT molecular complexity index is 987. The molecule has 0 aliphatic carbocycles. The number of ether oxygens (including phenoxy) is 1. The van der Waals surface area contributed by atoms with Gasteiger partial charge in [0.2, 0.25) is 0 Å². The highest BCUT2D eigenvalue weighted by Crippen LogP contribution is 2.23. The van der Waals surface area contributed by atoms with Crippen LogP contribution in [0.2, 0.25) is 0 Å². The number of hydrogen-bond donors (Lipinski definition) is 1. The molecule has 0 radical (unpaired) electrons. The third kappa shape index (κ3) is 3.64. The number of H-pyrrole nitrogens is 1. The van der Waals surface area contributed by atoms with Crippen LogP contribution in [-0.4, -0.2) is 15.0 Å². The molecule has 0 spiro atoms.